The first-order chi connectivity index (χ1) is 9.32. The molecule has 0 atom stereocenters. The van der Waals surface area contributed by atoms with Gasteiger partial charge < -0.3 is 14.2 Å². The number of likely N-dealkylation sites (tertiary alicyclic amines) is 1. The summed E-state index contributed by atoms with van der Waals surface area (Å²) >= 11 is 0. The van der Waals surface area contributed by atoms with Crippen molar-refractivity contribution in [3.05, 3.63) is 18.0 Å². The molecule has 8 heteroatoms. The van der Waals surface area contributed by atoms with Gasteiger partial charge in [-0.1, -0.05) is 0 Å². The van der Waals surface area contributed by atoms with E-state index in [1.807, 2.05) is 0 Å². The molecule has 2 N–H and O–H groups in total. The van der Waals surface area contributed by atoms with E-state index in [4.69, 9.17) is 9.88 Å². The fourth-order valence-corrected chi connectivity index (χ4v) is 2.94. The van der Waals surface area contributed by atoms with Crippen LogP contribution in [-0.4, -0.2) is 50.1 Å². The van der Waals surface area contributed by atoms with Crippen molar-refractivity contribution in [3.63, 3.8) is 0 Å². The maximum atomic E-state index is 12.4. The topological polar surface area (TPSA) is 94.6 Å². The zero-order valence-electron chi connectivity index (χ0n) is 11.6. The van der Waals surface area contributed by atoms with E-state index >= 15 is 0 Å². The van der Waals surface area contributed by atoms with Crippen LogP contribution in [-0.2, 0) is 21.8 Å². The van der Waals surface area contributed by atoms with E-state index in [-0.39, 0.29) is 16.9 Å². The summed E-state index contributed by atoms with van der Waals surface area (Å²) in [5.41, 5.74) is 0.324. The third-order valence-corrected chi connectivity index (χ3v) is 4.47. The smallest absolute Gasteiger partial charge is 0.270 e. The summed E-state index contributed by atoms with van der Waals surface area (Å²) in [7, 11) is -0.500. The van der Waals surface area contributed by atoms with Crippen LogP contribution in [0.25, 0.3) is 0 Å². The number of aryl methyl sites for hydroxylation is 1. The number of amides is 1. The van der Waals surface area contributed by atoms with Gasteiger partial charge in [0.15, 0.2) is 0 Å². The Labute approximate surface area is 118 Å². The summed E-state index contributed by atoms with van der Waals surface area (Å²) in [5.74, 6) is -0.183. The summed E-state index contributed by atoms with van der Waals surface area (Å²) in [6.45, 7) is 1.21. The molecule has 0 spiro atoms. The van der Waals surface area contributed by atoms with Crippen LogP contribution in [0.5, 0.6) is 0 Å². The van der Waals surface area contributed by atoms with Crippen LogP contribution in [0.1, 0.15) is 23.3 Å². The molecule has 2 rings (SSSR count). The molecule has 1 fully saturated rings. The lowest BCUT2D eigenvalue weighted by atomic mass is 10.1. The van der Waals surface area contributed by atoms with Crippen molar-refractivity contribution in [2.75, 3.05) is 20.2 Å². The molecule has 0 bridgehead atoms. The van der Waals surface area contributed by atoms with Crippen molar-refractivity contribution < 1.29 is 17.9 Å². The Morgan fingerprint density at radius 1 is 1.40 bits per heavy atom. The first-order valence-corrected chi connectivity index (χ1v) is 7.89. The van der Waals surface area contributed by atoms with Gasteiger partial charge in [-0.15, -0.1) is 0 Å². The van der Waals surface area contributed by atoms with Crippen LogP contribution < -0.4 is 5.14 Å². The largest absolute Gasteiger partial charge is 0.381 e. The van der Waals surface area contributed by atoms with Crippen LogP contribution in [0.2, 0.25) is 0 Å². The molecule has 0 saturated carbocycles. The van der Waals surface area contributed by atoms with E-state index in [9.17, 15) is 13.2 Å². The first kappa shape index (κ1) is 15.0. The minimum atomic E-state index is -3.79. The number of hydrogen-bond acceptors (Lipinski definition) is 4. The minimum absolute atomic E-state index is 0.0462. The lowest BCUT2D eigenvalue weighted by Gasteiger charge is -2.31. The second-order valence-electron chi connectivity index (χ2n) is 4.94. The Morgan fingerprint density at radius 2 is 2.00 bits per heavy atom. The van der Waals surface area contributed by atoms with E-state index in [1.165, 1.54) is 16.8 Å². The van der Waals surface area contributed by atoms with Gasteiger partial charge in [0.25, 0.3) is 5.91 Å². The molecule has 0 radical (unpaired) electrons. The lowest BCUT2D eigenvalue weighted by Crippen LogP contribution is -2.41. The SMILES string of the molecule is COC1CCN(C(=O)c2cc(S(N)(=O)=O)cn2C)CC1. The predicted molar refractivity (Wildman–Crippen MR) is 72.7 cm³/mol. The second kappa shape index (κ2) is 5.55. The monoisotopic (exact) mass is 301 g/mol. The molecule has 0 unspecified atom stereocenters. The van der Waals surface area contributed by atoms with Gasteiger partial charge in [0.05, 0.1) is 6.10 Å². The number of ether oxygens (including phenoxy) is 1. The minimum Gasteiger partial charge on any atom is -0.381 e. The van der Waals surface area contributed by atoms with Crippen molar-refractivity contribution in [3.8, 4) is 0 Å². The number of rotatable bonds is 3. The highest BCUT2D eigenvalue weighted by molar-refractivity contribution is 7.89. The molecule has 7 nitrogen and oxygen atoms in total. The Morgan fingerprint density at radius 3 is 2.45 bits per heavy atom. The highest BCUT2D eigenvalue weighted by atomic mass is 32.2. The second-order valence-corrected chi connectivity index (χ2v) is 6.51. The molecule has 112 valence electrons. The number of hydrogen-bond donors (Lipinski definition) is 1. The zero-order valence-corrected chi connectivity index (χ0v) is 12.4. The van der Waals surface area contributed by atoms with Crippen LogP contribution in [0, 0.1) is 0 Å². The van der Waals surface area contributed by atoms with Gasteiger partial charge in [-0.3, -0.25) is 4.79 Å². The van der Waals surface area contributed by atoms with Crippen molar-refractivity contribution in [2.45, 2.75) is 23.8 Å². The first-order valence-electron chi connectivity index (χ1n) is 6.34. The molecule has 2 heterocycles. The van der Waals surface area contributed by atoms with E-state index in [1.54, 1.807) is 19.1 Å². The summed E-state index contributed by atoms with van der Waals surface area (Å²) in [6, 6.07) is 1.32. The average molecular weight is 301 g/mol. The fourth-order valence-electron chi connectivity index (χ4n) is 2.36. The summed E-state index contributed by atoms with van der Waals surface area (Å²) in [4.78, 5) is 14.0. The van der Waals surface area contributed by atoms with E-state index in [2.05, 4.69) is 0 Å². The van der Waals surface area contributed by atoms with Crippen LogP contribution >= 0.6 is 0 Å². The number of nitrogens with zero attached hydrogens (tertiary/aromatic N) is 2. The van der Waals surface area contributed by atoms with Crippen LogP contribution in [0.4, 0.5) is 0 Å². The zero-order chi connectivity index (χ0) is 14.9. The normalized spacial score (nSPS) is 17.4. The molecule has 0 aliphatic carbocycles. The number of aromatic nitrogens is 1. The molecule has 1 aromatic rings. The average Bonchev–Trinajstić information content (AvgIpc) is 2.80. The molecule has 1 aromatic heterocycles. The van der Waals surface area contributed by atoms with Gasteiger partial charge >= 0.3 is 0 Å². The molecule has 0 aromatic carbocycles. The number of primary sulfonamides is 1. The number of piperidine rings is 1. The van der Waals surface area contributed by atoms with Gasteiger partial charge in [0.1, 0.15) is 10.6 Å². The van der Waals surface area contributed by atoms with Gasteiger partial charge in [-0.05, 0) is 18.9 Å². The fraction of sp³-hybridized carbons (Fsp3) is 0.583. The van der Waals surface area contributed by atoms with Gasteiger partial charge in [0, 0.05) is 33.4 Å². The van der Waals surface area contributed by atoms with Gasteiger partial charge in [0.2, 0.25) is 10.0 Å². The number of methoxy groups -OCH3 is 1. The van der Waals surface area contributed by atoms with Crippen molar-refractivity contribution in [1.82, 2.24) is 9.47 Å². The number of nitrogens with two attached hydrogens (primary N) is 1. The van der Waals surface area contributed by atoms with E-state index in [0.717, 1.165) is 12.8 Å². The highest BCUT2D eigenvalue weighted by Crippen LogP contribution is 2.18. The number of carbonyl (C=O) groups is 1. The molecule has 20 heavy (non-hydrogen) atoms. The molecular weight excluding hydrogens is 282 g/mol. The third kappa shape index (κ3) is 3.02. The summed E-state index contributed by atoms with van der Waals surface area (Å²) < 4.78 is 29.4. The highest BCUT2D eigenvalue weighted by Gasteiger charge is 2.26. The molecule has 1 aliphatic rings. The Balaban J connectivity index is 2.16. The van der Waals surface area contributed by atoms with Gasteiger partial charge in [-0.25, -0.2) is 13.6 Å². The van der Waals surface area contributed by atoms with E-state index < -0.39 is 10.0 Å². The van der Waals surface area contributed by atoms with Gasteiger partial charge in [-0.2, -0.15) is 0 Å². The third-order valence-electron chi connectivity index (χ3n) is 3.59. The Bertz CT molecular complexity index is 600. The standard InChI is InChI=1S/C12H19N3O4S/c1-14-8-10(20(13,17)18)7-11(14)12(16)15-5-3-9(19-2)4-6-15/h7-9H,3-6H2,1-2H3,(H2,13,17,18). The predicted octanol–water partition coefficient (Wildman–Crippen LogP) is -0.0765. The molecule has 1 saturated heterocycles. The quantitative estimate of drug-likeness (QED) is 0.845. The molecular formula is C12H19N3O4S. The summed E-state index contributed by atoms with van der Waals surface area (Å²) in [5, 5.41) is 5.07. The van der Waals surface area contributed by atoms with Crippen molar-refractivity contribution in [1.29, 1.82) is 0 Å². The number of carbonyl (C=O) groups excluding carboxylic acids is 1. The number of sulfonamides is 1. The van der Waals surface area contributed by atoms with Crippen molar-refractivity contribution in [2.24, 2.45) is 12.2 Å². The lowest BCUT2D eigenvalue weighted by molar-refractivity contribution is 0.0346. The van der Waals surface area contributed by atoms with E-state index in [0.29, 0.717) is 18.8 Å². The van der Waals surface area contributed by atoms with Crippen molar-refractivity contribution >= 4 is 15.9 Å². The van der Waals surface area contributed by atoms with Crippen LogP contribution in [0.3, 0.4) is 0 Å². The molecule has 1 amide bonds. The maximum Gasteiger partial charge on any atom is 0.270 e. The molecule has 1 aliphatic heterocycles. The Kier molecular flexibility index (Phi) is 4.17. The Hall–Kier alpha value is -1.38. The maximum absolute atomic E-state index is 12.4. The van der Waals surface area contributed by atoms with Crippen LogP contribution in [0.15, 0.2) is 17.2 Å². The summed E-state index contributed by atoms with van der Waals surface area (Å²) in [6.07, 6.45) is 3.11.